The van der Waals surface area contributed by atoms with E-state index in [0.29, 0.717) is 12.5 Å². The third-order valence-corrected chi connectivity index (χ3v) is 2.13. The van der Waals surface area contributed by atoms with Gasteiger partial charge in [0.1, 0.15) is 6.61 Å². The second kappa shape index (κ2) is 5.16. The molecule has 0 spiro atoms. The molecule has 1 aliphatic carbocycles. The van der Waals surface area contributed by atoms with Gasteiger partial charge in [-0.1, -0.05) is 24.4 Å². The summed E-state index contributed by atoms with van der Waals surface area (Å²) >= 11 is 0. The van der Waals surface area contributed by atoms with Gasteiger partial charge in [0.15, 0.2) is 0 Å². The summed E-state index contributed by atoms with van der Waals surface area (Å²) in [5, 5.41) is 3.89. The van der Waals surface area contributed by atoms with Crippen molar-refractivity contribution in [3.63, 3.8) is 0 Å². The normalized spacial score (nSPS) is 20.8. The molecule has 64 valence electrons. The molecule has 0 aromatic heterocycles. The highest BCUT2D eigenvalue weighted by Crippen LogP contribution is 2.21. The van der Waals surface area contributed by atoms with Gasteiger partial charge in [-0.15, -0.1) is 0 Å². The molecule has 1 aliphatic rings. The Labute approximate surface area is 68.6 Å². The Hall–Kier alpha value is -0.530. The second-order valence-corrected chi connectivity index (χ2v) is 3.07. The van der Waals surface area contributed by atoms with Gasteiger partial charge in [0.05, 0.1) is 0 Å². The molecule has 0 aliphatic heterocycles. The third kappa shape index (κ3) is 3.40. The van der Waals surface area contributed by atoms with Crippen LogP contribution in [0.2, 0.25) is 0 Å². The first-order valence-electron chi connectivity index (χ1n) is 4.59. The van der Waals surface area contributed by atoms with Gasteiger partial charge in [-0.2, -0.15) is 0 Å². The molecule has 2 nitrogen and oxygen atoms in total. The molecule has 0 amide bonds. The van der Waals surface area contributed by atoms with E-state index in [1.54, 1.807) is 0 Å². The Bertz CT molecular complexity index is 117. The van der Waals surface area contributed by atoms with Gasteiger partial charge < -0.3 is 4.84 Å². The Morgan fingerprint density at radius 3 is 2.73 bits per heavy atom. The molecular weight excluding hydrogens is 138 g/mol. The lowest BCUT2D eigenvalue weighted by Crippen LogP contribution is -2.07. The average molecular weight is 155 g/mol. The highest BCUT2D eigenvalue weighted by molar-refractivity contribution is 5.59. The first-order chi connectivity index (χ1) is 5.43. The molecule has 0 saturated heterocycles. The summed E-state index contributed by atoms with van der Waals surface area (Å²) in [5.74, 6) is 0.690. The lowest BCUT2D eigenvalue weighted by atomic mass is 9.90. The largest absolute Gasteiger partial charge is 0.396 e. The smallest absolute Gasteiger partial charge is 0.114 e. The molecule has 0 aromatic carbocycles. The quantitative estimate of drug-likeness (QED) is 0.453. The van der Waals surface area contributed by atoms with Gasteiger partial charge in [-0.05, 0) is 25.7 Å². The van der Waals surface area contributed by atoms with E-state index in [-0.39, 0.29) is 0 Å². The van der Waals surface area contributed by atoms with Crippen molar-refractivity contribution in [2.24, 2.45) is 11.1 Å². The third-order valence-electron chi connectivity index (χ3n) is 2.13. The fourth-order valence-electron chi connectivity index (χ4n) is 1.49. The summed E-state index contributed by atoms with van der Waals surface area (Å²) in [7, 11) is 0. The van der Waals surface area contributed by atoms with Crippen LogP contribution in [0.4, 0.5) is 0 Å². The standard InChI is InChI=1S/C9H17NO/c1-2-11-10-8-9-6-4-3-5-7-9/h8-9H,2-7H2,1H3. The Balaban J connectivity index is 2.13. The van der Waals surface area contributed by atoms with Crippen LogP contribution >= 0.6 is 0 Å². The molecule has 0 N–H and O–H groups in total. The van der Waals surface area contributed by atoms with Crippen LogP contribution in [0.25, 0.3) is 0 Å². The van der Waals surface area contributed by atoms with E-state index >= 15 is 0 Å². The fourth-order valence-corrected chi connectivity index (χ4v) is 1.49. The van der Waals surface area contributed by atoms with Crippen molar-refractivity contribution in [3.05, 3.63) is 0 Å². The summed E-state index contributed by atoms with van der Waals surface area (Å²) < 4.78 is 0. The first-order valence-corrected chi connectivity index (χ1v) is 4.59. The summed E-state index contributed by atoms with van der Waals surface area (Å²) in [6.07, 6.45) is 8.71. The van der Waals surface area contributed by atoms with Crippen LogP contribution in [0.3, 0.4) is 0 Å². The van der Waals surface area contributed by atoms with E-state index < -0.39 is 0 Å². The lowest BCUT2D eigenvalue weighted by molar-refractivity contribution is 0.158. The predicted octanol–water partition coefficient (Wildman–Crippen LogP) is 2.59. The minimum atomic E-state index is 0.684. The zero-order chi connectivity index (χ0) is 7.94. The van der Waals surface area contributed by atoms with Crippen LogP contribution in [0, 0.1) is 5.92 Å². The first kappa shape index (κ1) is 8.57. The summed E-state index contributed by atoms with van der Waals surface area (Å²) in [6, 6.07) is 0. The van der Waals surface area contributed by atoms with Gasteiger partial charge in [-0.3, -0.25) is 0 Å². The minimum absolute atomic E-state index is 0.684. The topological polar surface area (TPSA) is 21.6 Å². The van der Waals surface area contributed by atoms with Crippen molar-refractivity contribution in [1.29, 1.82) is 0 Å². The molecule has 1 fully saturated rings. The van der Waals surface area contributed by atoms with Crippen LogP contribution in [-0.2, 0) is 4.84 Å². The van der Waals surface area contributed by atoms with Crippen molar-refractivity contribution >= 4 is 6.21 Å². The molecule has 0 bridgehead atoms. The maximum atomic E-state index is 4.91. The molecule has 1 saturated carbocycles. The zero-order valence-corrected chi connectivity index (χ0v) is 7.25. The van der Waals surface area contributed by atoms with Crippen molar-refractivity contribution in [3.8, 4) is 0 Å². The van der Waals surface area contributed by atoms with Crippen molar-refractivity contribution < 1.29 is 4.84 Å². The highest BCUT2D eigenvalue weighted by Gasteiger charge is 2.10. The number of hydrogen-bond donors (Lipinski definition) is 0. The summed E-state index contributed by atoms with van der Waals surface area (Å²) in [5.41, 5.74) is 0. The molecule has 0 atom stereocenters. The van der Waals surface area contributed by atoms with E-state index in [1.807, 2.05) is 13.1 Å². The minimum Gasteiger partial charge on any atom is -0.396 e. The molecule has 1 rings (SSSR count). The van der Waals surface area contributed by atoms with Crippen LogP contribution in [0.5, 0.6) is 0 Å². The monoisotopic (exact) mass is 155 g/mol. The van der Waals surface area contributed by atoms with Crippen LogP contribution in [-0.4, -0.2) is 12.8 Å². The number of nitrogens with zero attached hydrogens (tertiary/aromatic N) is 1. The van der Waals surface area contributed by atoms with Gasteiger partial charge in [0, 0.05) is 6.21 Å². The van der Waals surface area contributed by atoms with Gasteiger partial charge >= 0.3 is 0 Å². The molecule has 0 unspecified atom stereocenters. The molecular formula is C9H17NO. The van der Waals surface area contributed by atoms with Gasteiger partial charge in [0.2, 0.25) is 0 Å². The number of oxime groups is 1. The van der Waals surface area contributed by atoms with E-state index in [0.717, 1.165) is 0 Å². The van der Waals surface area contributed by atoms with Crippen molar-refractivity contribution in [2.45, 2.75) is 39.0 Å². The molecule has 0 radical (unpaired) electrons. The van der Waals surface area contributed by atoms with Crippen LogP contribution in [0.15, 0.2) is 5.16 Å². The van der Waals surface area contributed by atoms with E-state index in [4.69, 9.17) is 4.84 Å². The summed E-state index contributed by atoms with van der Waals surface area (Å²) in [4.78, 5) is 4.91. The Morgan fingerprint density at radius 2 is 2.09 bits per heavy atom. The number of rotatable bonds is 3. The van der Waals surface area contributed by atoms with Crippen LogP contribution < -0.4 is 0 Å². The van der Waals surface area contributed by atoms with E-state index in [9.17, 15) is 0 Å². The molecule has 0 aromatic rings. The van der Waals surface area contributed by atoms with Gasteiger partial charge in [-0.25, -0.2) is 0 Å². The Morgan fingerprint density at radius 1 is 1.36 bits per heavy atom. The predicted molar refractivity (Wildman–Crippen MR) is 46.7 cm³/mol. The lowest BCUT2D eigenvalue weighted by Gasteiger charge is -2.16. The second-order valence-electron chi connectivity index (χ2n) is 3.07. The zero-order valence-electron chi connectivity index (χ0n) is 7.25. The maximum Gasteiger partial charge on any atom is 0.114 e. The van der Waals surface area contributed by atoms with Crippen molar-refractivity contribution in [1.82, 2.24) is 0 Å². The molecule has 0 heterocycles. The van der Waals surface area contributed by atoms with E-state index in [1.165, 1.54) is 32.1 Å². The van der Waals surface area contributed by atoms with Crippen molar-refractivity contribution in [2.75, 3.05) is 6.61 Å². The Kier molecular flexibility index (Phi) is 4.02. The summed E-state index contributed by atoms with van der Waals surface area (Å²) in [6.45, 7) is 2.64. The van der Waals surface area contributed by atoms with E-state index in [2.05, 4.69) is 5.16 Å². The molecule has 2 heteroatoms. The highest BCUT2D eigenvalue weighted by atomic mass is 16.6. The fraction of sp³-hybridized carbons (Fsp3) is 0.889. The molecule has 11 heavy (non-hydrogen) atoms. The number of hydrogen-bond acceptors (Lipinski definition) is 2. The van der Waals surface area contributed by atoms with Gasteiger partial charge in [0.25, 0.3) is 0 Å². The van der Waals surface area contributed by atoms with Crippen LogP contribution in [0.1, 0.15) is 39.0 Å². The maximum absolute atomic E-state index is 4.91. The SMILES string of the molecule is CCON=CC1CCCCC1. The average Bonchev–Trinajstić information content (AvgIpc) is 2.07.